The van der Waals surface area contributed by atoms with Crippen LogP contribution in [0.5, 0.6) is 5.75 Å². The third-order valence-electron chi connectivity index (χ3n) is 2.63. The smallest absolute Gasteiger partial charge is 0.118 e. The van der Waals surface area contributed by atoms with Crippen LogP contribution in [0.4, 0.5) is 0 Å². The standard InChI is InChI=1S/C13H14ClNO/c1-16-13-4-2-10(3-5-13)6-11-7-12(14)9-15-8-11/h2-5,8-9,11H,6-7H2,1H3. The Hall–Kier alpha value is -1.28. The van der Waals surface area contributed by atoms with Crippen molar-refractivity contribution in [3.8, 4) is 5.75 Å². The summed E-state index contributed by atoms with van der Waals surface area (Å²) in [4.78, 5) is 4.13. The van der Waals surface area contributed by atoms with Gasteiger partial charge in [0.15, 0.2) is 0 Å². The maximum Gasteiger partial charge on any atom is 0.118 e. The fourth-order valence-corrected chi connectivity index (χ4v) is 2.05. The molecule has 1 aliphatic rings. The number of benzene rings is 1. The minimum Gasteiger partial charge on any atom is -0.497 e. The summed E-state index contributed by atoms with van der Waals surface area (Å²) in [7, 11) is 1.67. The molecule has 1 heterocycles. The van der Waals surface area contributed by atoms with Crippen molar-refractivity contribution >= 4 is 17.8 Å². The molecular formula is C13H14ClNO. The van der Waals surface area contributed by atoms with Crippen molar-refractivity contribution in [3.63, 3.8) is 0 Å². The molecule has 84 valence electrons. The molecule has 1 aromatic carbocycles. The van der Waals surface area contributed by atoms with E-state index in [-0.39, 0.29) is 0 Å². The minimum atomic E-state index is 0.408. The lowest BCUT2D eigenvalue weighted by Crippen LogP contribution is -2.08. The number of halogens is 1. The molecule has 0 fully saturated rings. The zero-order valence-corrected chi connectivity index (χ0v) is 9.95. The van der Waals surface area contributed by atoms with Crippen LogP contribution in [-0.4, -0.2) is 13.3 Å². The Labute approximate surface area is 101 Å². The Morgan fingerprint density at radius 3 is 2.75 bits per heavy atom. The van der Waals surface area contributed by atoms with Gasteiger partial charge in [-0.3, -0.25) is 4.99 Å². The largest absolute Gasteiger partial charge is 0.497 e. The van der Waals surface area contributed by atoms with Crippen LogP contribution in [0.1, 0.15) is 12.0 Å². The van der Waals surface area contributed by atoms with E-state index in [1.54, 1.807) is 13.3 Å². The van der Waals surface area contributed by atoms with Gasteiger partial charge in [0.2, 0.25) is 0 Å². The fraction of sp³-hybridized carbons (Fsp3) is 0.308. The Kier molecular flexibility index (Phi) is 3.62. The summed E-state index contributed by atoms with van der Waals surface area (Å²) in [6.45, 7) is 0. The Morgan fingerprint density at radius 2 is 2.12 bits per heavy atom. The number of allylic oxidation sites excluding steroid dienone is 1. The monoisotopic (exact) mass is 235 g/mol. The van der Waals surface area contributed by atoms with Crippen molar-refractivity contribution in [2.24, 2.45) is 10.9 Å². The van der Waals surface area contributed by atoms with E-state index in [4.69, 9.17) is 16.3 Å². The van der Waals surface area contributed by atoms with Gasteiger partial charge in [0.05, 0.1) is 7.11 Å². The molecule has 1 atom stereocenters. The van der Waals surface area contributed by atoms with Crippen LogP contribution in [0.3, 0.4) is 0 Å². The summed E-state index contributed by atoms with van der Waals surface area (Å²) >= 11 is 5.95. The number of rotatable bonds is 3. The van der Waals surface area contributed by atoms with Gasteiger partial charge in [-0.05, 0) is 30.5 Å². The van der Waals surface area contributed by atoms with Crippen LogP contribution in [0.15, 0.2) is 40.5 Å². The van der Waals surface area contributed by atoms with E-state index in [1.165, 1.54) is 5.56 Å². The number of aliphatic imine (C=N–C) groups is 1. The molecular weight excluding hydrogens is 222 g/mol. The molecule has 16 heavy (non-hydrogen) atoms. The quantitative estimate of drug-likeness (QED) is 0.787. The zero-order valence-electron chi connectivity index (χ0n) is 9.19. The minimum absolute atomic E-state index is 0.408. The molecule has 0 saturated carbocycles. The number of methoxy groups -OCH3 is 1. The van der Waals surface area contributed by atoms with Crippen molar-refractivity contribution in [1.82, 2.24) is 0 Å². The van der Waals surface area contributed by atoms with Crippen molar-refractivity contribution in [2.45, 2.75) is 12.8 Å². The van der Waals surface area contributed by atoms with E-state index in [0.717, 1.165) is 23.6 Å². The van der Waals surface area contributed by atoms with E-state index < -0.39 is 0 Å². The molecule has 3 heteroatoms. The molecule has 0 spiro atoms. The van der Waals surface area contributed by atoms with Crippen LogP contribution in [-0.2, 0) is 6.42 Å². The molecule has 0 N–H and O–H groups in total. The average molecular weight is 236 g/mol. The second-order valence-corrected chi connectivity index (χ2v) is 4.38. The average Bonchev–Trinajstić information content (AvgIpc) is 2.30. The fourth-order valence-electron chi connectivity index (χ4n) is 1.79. The van der Waals surface area contributed by atoms with Gasteiger partial charge in [-0.15, -0.1) is 0 Å². The van der Waals surface area contributed by atoms with Crippen LogP contribution < -0.4 is 4.74 Å². The van der Waals surface area contributed by atoms with Gasteiger partial charge in [-0.25, -0.2) is 0 Å². The van der Waals surface area contributed by atoms with Gasteiger partial charge in [-0.2, -0.15) is 0 Å². The summed E-state index contributed by atoms with van der Waals surface area (Å²) < 4.78 is 5.12. The second kappa shape index (κ2) is 5.17. The van der Waals surface area contributed by atoms with Crippen LogP contribution in [0.2, 0.25) is 0 Å². The maximum absolute atomic E-state index is 5.95. The first kappa shape index (κ1) is 11.2. The summed E-state index contributed by atoms with van der Waals surface area (Å²) in [6, 6.07) is 8.12. The predicted molar refractivity (Wildman–Crippen MR) is 67.2 cm³/mol. The highest BCUT2D eigenvalue weighted by atomic mass is 35.5. The second-order valence-electron chi connectivity index (χ2n) is 3.89. The number of ether oxygens (including phenoxy) is 1. The highest BCUT2D eigenvalue weighted by molar-refractivity contribution is 6.29. The lowest BCUT2D eigenvalue weighted by molar-refractivity contribution is 0.414. The lowest BCUT2D eigenvalue weighted by Gasteiger charge is -2.14. The number of hydrogen-bond acceptors (Lipinski definition) is 2. The van der Waals surface area contributed by atoms with Crippen molar-refractivity contribution in [2.75, 3.05) is 7.11 Å². The molecule has 0 aromatic heterocycles. The third kappa shape index (κ3) is 2.86. The van der Waals surface area contributed by atoms with Crippen LogP contribution in [0.25, 0.3) is 0 Å². The summed E-state index contributed by atoms with van der Waals surface area (Å²) in [5, 5.41) is 0.834. The molecule has 0 amide bonds. The predicted octanol–water partition coefficient (Wildman–Crippen LogP) is 3.41. The molecule has 2 rings (SSSR count). The number of hydrogen-bond donors (Lipinski definition) is 0. The van der Waals surface area contributed by atoms with Crippen molar-refractivity contribution in [1.29, 1.82) is 0 Å². The Bertz CT molecular complexity index is 408. The van der Waals surface area contributed by atoms with Gasteiger partial charge in [0.25, 0.3) is 0 Å². The summed E-state index contributed by atoms with van der Waals surface area (Å²) in [5.74, 6) is 1.30. The van der Waals surface area contributed by atoms with Gasteiger partial charge in [-0.1, -0.05) is 23.7 Å². The van der Waals surface area contributed by atoms with Crippen LogP contribution in [0, 0.1) is 5.92 Å². The molecule has 0 aliphatic carbocycles. The highest BCUT2D eigenvalue weighted by Gasteiger charge is 2.11. The number of nitrogens with zero attached hydrogens (tertiary/aromatic N) is 1. The Balaban J connectivity index is 1.99. The third-order valence-corrected chi connectivity index (χ3v) is 2.88. The Morgan fingerprint density at radius 1 is 1.38 bits per heavy atom. The van der Waals surface area contributed by atoms with Crippen molar-refractivity contribution in [3.05, 3.63) is 41.1 Å². The van der Waals surface area contributed by atoms with E-state index in [2.05, 4.69) is 17.1 Å². The van der Waals surface area contributed by atoms with Gasteiger partial charge >= 0.3 is 0 Å². The van der Waals surface area contributed by atoms with Gasteiger partial charge < -0.3 is 4.74 Å². The van der Waals surface area contributed by atoms with E-state index in [9.17, 15) is 0 Å². The first-order valence-electron chi connectivity index (χ1n) is 5.28. The maximum atomic E-state index is 5.95. The van der Waals surface area contributed by atoms with Gasteiger partial charge in [0, 0.05) is 23.4 Å². The molecule has 0 saturated heterocycles. The van der Waals surface area contributed by atoms with E-state index in [1.807, 2.05) is 18.3 Å². The molecule has 2 nitrogen and oxygen atoms in total. The van der Waals surface area contributed by atoms with E-state index in [0.29, 0.717) is 5.92 Å². The molecule has 1 unspecified atom stereocenters. The summed E-state index contributed by atoms with van der Waals surface area (Å²) in [6.07, 6.45) is 5.54. The molecule has 1 aliphatic heterocycles. The van der Waals surface area contributed by atoms with Gasteiger partial charge in [0.1, 0.15) is 5.75 Å². The molecule has 0 radical (unpaired) electrons. The SMILES string of the molecule is COc1ccc(CC2C=NC=C(Cl)C2)cc1. The van der Waals surface area contributed by atoms with Crippen molar-refractivity contribution < 1.29 is 4.74 Å². The van der Waals surface area contributed by atoms with Crippen LogP contribution >= 0.6 is 11.6 Å². The molecule has 1 aromatic rings. The first-order chi connectivity index (χ1) is 7.78. The normalized spacial score (nSPS) is 19.4. The first-order valence-corrected chi connectivity index (χ1v) is 5.66. The summed E-state index contributed by atoms with van der Waals surface area (Å²) in [5.41, 5.74) is 1.28. The zero-order chi connectivity index (χ0) is 11.4. The molecule has 0 bridgehead atoms. The topological polar surface area (TPSA) is 21.6 Å². The highest BCUT2D eigenvalue weighted by Crippen LogP contribution is 2.22. The van der Waals surface area contributed by atoms with E-state index >= 15 is 0 Å². The lowest BCUT2D eigenvalue weighted by atomic mass is 9.96.